The van der Waals surface area contributed by atoms with Gasteiger partial charge in [-0.3, -0.25) is 4.79 Å². The summed E-state index contributed by atoms with van der Waals surface area (Å²) in [5.74, 6) is 0.662. The lowest BCUT2D eigenvalue weighted by Gasteiger charge is -2.25. The summed E-state index contributed by atoms with van der Waals surface area (Å²) < 4.78 is 0. The van der Waals surface area contributed by atoms with Gasteiger partial charge in [-0.15, -0.1) is 0 Å². The molecule has 3 nitrogen and oxygen atoms in total. The highest BCUT2D eigenvalue weighted by Gasteiger charge is 2.34. The average Bonchev–Trinajstić information content (AvgIpc) is 3.03. The number of likely N-dealkylation sites (N-methyl/N-ethyl adjacent to an activating group) is 1. The standard InChI is InChI=1S/C12H20N2O/c1-3-4-5-6-12(15)14(2)11(9-13)10-7-8-10/h3-6,10-11H,7-9,13H2,1-2H3. The van der Waals surface area contributed by atoms with Gasteiger partial charge in [-0.25, -0.2) is 0 Å². The van der Waals surface area contributed by atoms with Crippen molar-refractivity contribution in [3.05, 3.63) is 24.3 Å². The molecule has 1 saturated carbocycles. The molecule has 0 heterocycles. The summed E-state index contributed by atoms with van der Waals surface area (Å²) in [5.41, 5.74) is 5.68. The van der Waals surface area contributed by atoms with Crippen LogP contribution in [0.1, 0.15) is 19.8 Å². The Balaban J connectivity index is 2.49. The van der Waals surface area contributed by atoms with Crippen molar-refractivity contribution in [3.8, 4) is 0 Å². The molecule has 2 N–H and O–H groups in total. The molecule has 0 aliphatic heterocycles. The molecule has 0 aromatic heterocycles. The van der Waals surface area contributed by atoms with Gasteiger partial charge in [0, 0.05) is 25.7 Å². The summed E-state index contributed by atoms with van der Waals surface area (Å²) in [7, 11) is 1.83. The second kappa shape index (κ2) is 5.71. The first-order valence-electron chi connectivity index (χ1n) is 5.47. The Morgan fingerprint density at radius 3 is 2.67 bits per heavy atom. The fraction of sp³-hybridized carbons (Fsp3) is 0.583. The van der Waals surface area contributed by atoms with E-state index in [1.54, 1.807) is 17.1 Å². The molecule has 3 heteroatoms. The van der Waals surface area contributed by atoms with E-state index >= 15 is 0 Å². The quantitative estimate of drug-likeness (QED) is 0.547. The predicted octanol–water partition coefficient (Wildman–Crippen LogP) is 1.31. The third-order valence-electron chi connectivity index (χ3n) is 2.80. The predicted molar refractivity (Wildman–Crippen MR) is 62.3 cm³/mol. The number of hydrogen-bond acceptors (Lipinski definition) is 2. The fourth-order valence-corrected chi connectivity index (χ4v) is 1.68. The molecule has 0 aromatic rings. The third kappa shape index (κ3) is 3.51. The molecule has 1 atom stereocenters. The van der Waals surface area contributed by atoms with Crippen molar-refractivity contribution in [2.75, 3.05) is 13.6 Å². The van der Waals surface area contributed by atoms with Crippen LogP contribution < -0.4 is 5.73 Å². The SMILES string of the molecule is CC=CC=CC(=O)N(C)C(CN)C1CC1. The largest absolute Gasteiger partial charge is 0.338 e. The van der Waals surface area contributed by atoms with Gasteiger partial charge in [0.1, 0.15) is 0 Å². The van der Waals surface area contributed by atoms with E-state index in [0.29, 0.717) is 12.5 Å². The summed E-state index contributed by atoms with van der Waals surface area (Å²) in [6, 6.07) is 0.216. The second-order valence-electron chi connectivity index (χ2n) is 3.97. The van der Waals surface area contributed by atoms with Gasteiger partial charge in [0.2, 0.25) is 5.91 Å². The number of nitrogens with two attached hydrogens (primary N) is 1. The Kier molecular flexibility index (Phi) is 4.56. The van der Waals surface area contributed by atoms with Gasteiger partial charge in [-0.1, -0.05) is 18.2 Å². The maximum absolute atomic E-state index is 11.7. The highest BCUT2D eigenvalue weighted by atomic mass is 16.2. The highest BCUT2D eigenvalue weighted by molar-refractivity contribution is 5.87. The first-order valence-corrected chi connectivity index (χ1v) is 5.47. The van der Waals surface area contributed by atoms with Crippen molar-refractivity contribution in [2.24, 2.45) is 11.7 Å². The maximum atomic E-state index is 11.7. The molecule has 1 aliphatic rings. The molecule has 1 aliphatic carbocycles. The lowest BCUT2D eigenvalue weighted by molar-refractivity contribution is -0.127. The van der Waals surface area contributed by atoms with Crippen molar-refractivity contribution in [1.82, 2.24) is 4.90 Å². The van der Waals surface area contributed by atoms with Crippen molar-refractivity contribution in [3.63, 3.8) is 0 Å². The minimum Gasteiger partial charge on any atom is -0.338 e. The number of amides is 1. The van der Waals surface area contributed by atoms with Crippen LogP contribution in [0.3, 0.4) is 0 Å². The van der Waals surface area contributed by atoms with Crippen LogP contribution in [0, 0.1) is 5.92 Å². The lowest BCUT2D eigenvalue weighted by Crippen LogP contribution is -2.42. The van der Waals surface area contributed by atoms with E-state index in [2.05, 4.69) is 0 Å². The molecule has 1 fully saturated rings. The number of allylic oxidation sites excluding steroid dienone is 3. The van der Waals surface area contributed by atoms with Gasteiger partial charge in [0.05, 0.1) is 0 Å². The Hall–Kier alpha value is -1.09. The van der Waals surface area contributed by atoms with E-state index in [1.165, 1.54) is 12.8 Å². The summed E-state index contributed by atoms with van der Waals surface area (Å²) in [6.45, 7) is 2.48. The minimum atomic E-state index is 0.0375. The molecule has 0 bridgehead atoms. The van der Waals surface area contributed by atoms with Gasteiger partial charge in [0.15, 0.2) is 0 Å². The van der Waals surface area contributed by atoms with Crippen molar-refractivity contribution in [1.29, 1.82) is 0 Å². The van der Waals surface area contributed by atoms with Gasteiger partial charge >= 0.3 is 0 Å². The molecule has 1 unspecified atom stereocenters. The van der Waals surface area contributed by atoms with Crippen molar-refractivity contribution < 1.29 is 4.79 Å². The van der Waals surface area contributed by atoms with Gasteiger partial charge in [0.25, 0.3) is 0 Å². The highest BCUT2D eigenvalue weighted by Crippen LogP contribution is 2.34. The van der Waals surface area contributed by atoms with Gasteiger partial charge in [-0.2, -0.15) is 0 Å². The summed E-state index contributed by atoms with van der Waals surface area (Å²) in [5, 5.41) is 0. The van der Waals surface area contributed by atoms with Crippen LogP contribution in [0.25, 0.3) is 0 Å². The van der Waals surface area contributed by atoms with Crippen molar-refractivity contribution in [2.45, 2.75) is 25.8 Å². The lowest BCUT2D eigenvalue weighted by atomic mass is 10.1. The van der Waals surface area contributed by atoms with E-state index in [-0.39, 0.29) is 11.9 Å². The molecule has 1 amide bonds. The van der Waals surface area contributed by atoms with E-state index in [9.17, 15) is 4.79 Å². The van der Waals surface area contributed by atoms with Crippen LogP contribution in [-0.2, 0) is 4.79 Å². The summed E-state index contributed by atoms with van der Waals surface area (Å²) in [6.07, 6.45) is 9.51. The number of carbonyl (C=O) groups is 1. The Morgan fingerprint density at radius 2 is 2.20 bits per heavy atom. The molecular weight excluding hydrogens is 188 g/mol. The molecule has 0 saturated heterocycles. The zero-order valence-electron chi connectivity index (χ0n) is 9.52. The fourth-order valence-electron chi connectivity index (χ4n) is 1.68. The molecule has 0 radical (unpaired) electrons. The van der Waals surface area contributed by atoms with Crippen LogP contribution in [-0.4, -0.2) is 30.4 Å². The second-order valence-corrected chi connectivity index (χ2v) is 3.97. The smallest absolute Gasteiger partial charge is 0.246 e. The molecule has 0 spiro atoms. The Morgan fingerprint density at radius 1 is 1.53 bits per heavy atom. The zero-order valence-corrected chi connectivity index (χ0v) is 9.52. The van der Waals surface area contributed by atoms with Crippen molar-refractivity contribution >= 4 is 5.91 Å². The number of nitrogens with zero attached hydrogens (tertiary/aromatic N) is 1. The monoisotopic (exact) mass is 208 g/mol. The Labute approximate surface area is 91.6 Å². The third-order valence-corrected chi connectivity index (χ3v) is 2.80. The van der Waals surface area contributed by atoms with Crippen LogP contribution in [0.4, 0.5) is 0 Å². The molecule has 84 valence electrons. The van der Waals surface area contributed by atoms with Crippen LogP contribution >= 0.6 is 0 Å². The van der Waals surface area contributed by atoms with E-state index < -0.39 is 0 Å². The number of hydrogen-bond donors (Lipinski definition) is 1. The van der Waals surface area contributed by atoms with E-state index in [4.69, 9.17) is 5.73 Å². The van der Waals surface area contributed by atoms with Crippen LogP contribution in [0.15, 0.2) is 24.3 Å². The zero-order chi connectivity index (χ0) is 11.3. The van der Waals surface area contributed by atoms with Crippen LogP contribution in [0.5, 0.6) is 0 Å². The number of rotatable bonds is 5. The molecule has 1 rings (SSSR count). The normalized spacial score (nSPS) is 18.6. The number of carbonyl (C=O) groups excluding carboxylic acids is 1. The van der Waals surface area contributed by atoms with Gasteiger partial charge in [-0.05, 0) is 25.7 Å². The first kappa shape index (κ1) is 12.0. The van der Waals surface area contributed by atoms with Crippen LogP contribution in [0.2, 0.25) is 0 Å². The Bertz CT molecular complexity index is 267. The first-order chi connectivity index (χ1) is 7.20. The van der Waals surface area contributed by atoms with E-state index in [0.717, 1.165) is 0 Å². The minimum absolute atomic E-state index is 0.0375. The van der Waals surface area contributed by atoms with E-state index in [1.807, 2.05) is 26.1 Å². The van der Waals surface area contributed by atoms with Gasteiger partial charge < -0.3 is 10.6 Å². The molecular formula is C12H20N2O. The topological polar surface area (TPSA) is 46.3 Å². The molecule has 0 aromatic carbocycles. The molecule has 15 heavy (non-hydrogen) atoms. The maximum Gasteiger partial charge on any atom is 0.246 e. The average molecular weight is 208 g/mol. The summed E-state index contributed by atoms with van der Waals surface area (Å²) >= 11 is 0. The summed E-state index contributed by atoms with van der Waals surface area (Å²) in [4.78, 5) is 13.5.